The molecule has 0 saturated heterocycles. The van der Waals surface area contributed by atoms with E-state index in [9.17, 15) is 21.6 Å². The van der Waals surface area contributed by atoms with Crippen LogP contribution in [0.15, 0.2) is 52.3 Å². The molecule has 3 N–H and O–H groups in total. The van der Waals surface area contributed by atoms with Crippen LogP contribution in [0.1, 0.15) is 19.4 Å². The smallest absolute Gasteiger partial charge is 0.261 e. The van der Waals surface area contributed by atoms with Crippen LogP contribution in [0.3, 0.4) is 0 Å². The number of fused-ring (bicyclic) bond motifs is 1. The molecule has 0 unspecified atom stereocenters. The highest BCUT2D eigenvalue weighted by atomic mass is 32.2. The van der Waals surface area contributed by atoms with Crippen molar-refractivity contribution in [3.8, 4) is 0 Å². The van der Waals surface area contributed by atoms with E-state index in [0.29, 0.717) is 11.3 Å². The molecular formula is C17H19N3O5S2. The molecule has 0 saturated carbocycles. The summed E-state index contributed by atoms with van der Waals surface area (Å²) in [6, 6.07) is 9.55. The molecule has 0 spiro atoms. The van der Waals surface area contributed by atoms with Crippen molar-refractivity contribution in [3.05, 3.63) is 48.0 Å². The van der Waals surface area contributed by atoms with Gasteiger partial charge in [0.2, 0.25) is 15.9 Å². The second-order valence-corrected chi connectivity index (χ2v) is 9.85. The summed E-state index contributed by atoms with van der Waals surface area (Å²) in [6.45, 7) is 3.42. The Morgan fingerprint density at radius 2 is 1.56 bits per heavy atom. The maximum atomic E-state index is 12.6. The van der Waals surface area contributed by atoms with E-state index in [-0.39, 0.29) is 33.8 Å². The van der Waals surface area contributed by atoms with Gasteiger partial charge < -0.3 is 5.32 Å². The lowest BCUT2D eigenvalue weighted by Gasteiger charge is -2.12. The van der Waals surface area contributed by atoms with Gasteiger partial charge in [-0.2, -0.15) is 0 Å². The highest BCUT2D eigenvalue weighted by molar-refractivity contribution is 7.92. The van der Waals surface area contributed by atoms with Crippen LogP contribution in [0.5, 0.6) is 0 Å². The molecule has 144 valence electrons. The third-order valence-electron chi connectivity index (χ3n) is 3.82. The Hall–Kier alpha value is -2.43. The Morgan fingerprint density at radius 3 is 2.19 bits per heavy atom. The largest absolute Gasteiger partial charge is 0.326 e. The monoisotopic (exact) mass is 409 g/mol. The third-order valence-corrected chi connectivity index (χ3v) is 6.87. The fraction of sp³-hybridized carbons (Fsp3) is 0.235. The molecule has 0 aliphatic carbocycles. The highest BCUT2D eigenvalue weighted by Gasteiger charge is 2.22. The van der Waals surface area contributed by atoms with Gasteiger partial charge in [0.05, 0.1) is 16.2 Å². The van der Waals surface area contributed by atoms with E-state index in [0.717, 1.165) is 0 Å². The van der Waals surface area contributed by atoms with E-state index >= 15 is 0 Å². The number of benzene rings is 2. The summed E-state index contributed by atoms with van der Waals surface area (Å²) in [5.41, 5.74) is 1.45. The maximum Gasteiger partial charge on any atom is 0.261 e. The van der Waals surface area contributed by atoms with E-state index in [1.807, 2.05) is 0 Å². The zero-order chi connectivity index (χ0) is 19.8. The fourth-order valence-electron chi connectivity index (χ4n) is 2.67. The first kappa shape index (κ1) is 19.3. The first-order valence-electron chi connectivity index (χ1n) is 8.15. The lowest BCUT2D eigenvalue weighted by molar-refractivity contribution is -0.115. The van der Waals surface area contributed by atoms with Crippen molar-refractivity contribution in [3.63, 3.8) is 0 Å². The summed E-state index contributed by atoms with van der Waals surface area (Å²) in [4.78, 5) is 11.5. The van der Waals surface area contributed by atoms with E-state index in [1.165, 1.54) is 36.4 Å². The van der Waals surface area contributed by atoms with Gasteiger partial charge in [0.15, 0.2) is 0 Å². The molecule has 2 aromatic rings. The van der Waals surface area contributed by atoms with Gasteiger partial charge in [0, 0.05) is 17.4 Å². The fourth-order valence-corrected chi connectivity index (χ4v) is 5.03. The molecule has 1 amide bonds. The third kappa shape index (κ3) is 4.29. The van der Waals surface area contributed by atoms with Crippen LogP contribution in [0.2, 0.25) is 0 Å². The Kier molecular flexibility index (Phi) is 4.98. The van der Waals surface area contributed by atoms with Crippen molar-refractivity contribution >= 4 is 37.3 Å². The number of hydrogen-bond acceptors (Lipinski definition) is 5. The average molecular weight is 409 g/mol. The van der Waals surface area contributed by atoms with Crippen LogP contribution in [0.25, 0.3) is 0 Å². The number of amides is 1. The Labute approximate surface area is 158 Å². The maximum absolute atomic E-state index is 12.6. The summed E-state index contributed by atoms with van der Waals surface area (Å²) < 4.78 is 54.2. The van der Waals surface area contributed by atoms with E-state index in [1.54, 1.807) is 19.9 Å². The van der Waals surface area contributed by atoms with E-state index < -0.39 is 20.0 Å². The molecule has 1 heterocycles. The number of carbonyl (C=O) groups is 1. The van der Waals surface area contributed by atoms with Crippen LogP contribution >= 0.6 is 0 Å². The Balaban J connectivity index is 1.81. The minimum atomic E-state index is -3.87. The van der Waals surface area contributed by atoms with Gasteiger partial charge in [-0.1, -0.05) is 0 Å². The number of hydrogen-bond donors (Lipinski definition) is 3. The second kappa shape index (κ2) is 6.95. The van der Waals surface area contributed by atoms with Gasteiger partial charge in [-0.3, -0.25) is 9.52 Å². The molecule has 2 aromatic carbocycles. The van der Waals surface area contributed by atoms with E-state index in [4.69, 9.17) is 0 Å². The molecule has 8 nitrogen and oxygen atoms in total. The molecule has 3 rings (SSSR count). The number of nitrogens with one attached hydrogen (secondary N) is 3. The first-order valence-corrected chi connectivity index (χ1v) is 11.1. The predicted molar refractivity (Wildman–Crippen MR) is 101 cm³/mol. The van der Waals surface area contributed by atoms with Crippen LogP contribution in [-0.4, -0.2) is 28.8 Å². The summed E-state index contributed by atoms with van der Waals surface area (Å²) in [5.74, 6) is -0.181. The minimum Gasteiger partial charge on any atom is -0.326 e. The molecule has 27 heavy (non-hydrogen) atoms. The zero-order valence-corrected chi connectivity index (χ0v) is 16.3. The number of carbonyl (C=O) groups excluding carboxylic acids is 1. The molecule has 1 aliphatic rings. The van der Waals surface area contributed by atoms with Crippen molar-refractivity contribution in [1.82, 2.24) is 4.72 Å². The van der Waals surface area contributed by atoms with Gasteiger partial charge in [-0.05, 0) is 61.9 Å². The van der Waals surface area contributed by atoms with Gasteiger partial charge in [0.1, 0.15) is 0 Å². The molecule has 0 bridgehead atoms. The number of sulfonamides is 2. The first-order chi connectivity index (χ1) is 12.6. The minimum absolute atomic E-state index is 0.0240. The summed E-state index contributed by atoms with van der Waals surface area (Å²) >= 11 is 0. The molecule has 0 fully saturated rings. The predicted octanol–water partition coefficient (Wildman–Crippen LogP) is 1.67. The number of rotatable bonds is 6. The molecular weight excluding hydrogens is 390 g/mol. The standard InChI is InChI=1S/C17H19N3O5S2/c1-11(2)19-26(22,23)14-5-3-13(4-6-14)20-27(24,25)15-7-8-16-12(9-15)10-17(21)18-16/h3-9,11,19-20H,10H2,1-2H3,(H,18,21). The van der Waals surface area contributed by atoms with Crippen molar-refractivity contribution < 1.29 is 21.6 Å². The lowest BCUT2D eigenvalue weighted by Crippen LogP contribution is -2.30. The Bertz CT molecular complexity index is 1090. The topological polar surface area (TPSA) is 121 Å². The van der Waals surface area contributed by atoms with E-state index in [2.05, 4.69) is 14.8 Å². The molecule has 1 aliphatic heterocycles. The van der Waals surface area contributed by atoms with Crippen LogP contribution < -0.4 is 14.8 Å². The molecule has 0 radical (unpaired) electrons. The van der Waals surface area contributed by atoms with Gasteiger partial charge in [-0.15, -0.1) is 0 Å². The average Bonchev–Trinajstić information content (AvgIpc) is 2.93. The highest BCUT2D eigenvalue weighted by Crippen LogP contribution is 2.27. The SMILES string of the molecule is CC(C)NS(=O)(=O)c1ccc(NS(=O)(=O)c2ccc3c(c2)CC(=O)N3)cc1. The van der Waals surface area contributed by atoms with Gasteiger partial charge in [0.25, 0.3) is 10.0 Å². The zero-order valence-electron chi connectivity index (χ0n) is 14.7. The lowest BCUT2D eigenvalue weighted by atomic mass is 10.2. The normalized spacial score (nSPS) is 14.1. The van der Waals surface area contributed by atoms with Crippen LogP contribution in [0.4, 0.5) is 11.4 Å². The summed E-state index contributed by atoms with van der Waals surface area (Å²) in [5, 5.41) is 2.64. The van der Waals surface area contributed by atoms with Crippen molar-refractivity contribution in [2.45, 2.75) is 36.1 Å². The van der Waals surface area contributed by atoms with Gasteiger partial charge in [-0.25, -0.2) is 21.6 Å². The second-order valence-electron chi connectivity index (χ2n) is 6.45. The quantitative estimate of drug-likeness (QED) is 0.670. The molecule has 0 aromatic heterocycles. The van der Waals surface area contributed by atoms with Crippen LogP contribution in [-0.2, 0) is 31.3 Å². The number of anilines is 2. The molecule has 10 heteroatoms. The summed E-state index contributed by atoms with van der Waals surface area (Å²) in [6.07, 6.45) is 0.133. The van der Waals surface area contributed by atoms with Crippen molar-refractivity contribution in [1.29, 1.82) is 0 Å². The van der Waals surface area contributed by atoms with Crippen LogP contribution in [0, 0.1) is 0 Å². The van der Waals surface area contributed by atoms with Crippen molar-refractivity contribution in [2.24, 2.45) is 0 Å². The summed E-state index contributed by atoms with van der Waals surface area (Å²) in [7, 11) is -7.52. The van der Waals surface area contributed by atoms with Gasteiger partial charge >= 0.3 is 0 Å². The Morgan fingerprint density at radius 1 is 0.926 bits per heavy atom. The van der Waals surface area contributed by atoms with Crippen molar-refractivity contribution in [2.75, 3.05) is 10.0 Å². The molecule has 0 atom stereocenters.